The number of benzene rings is 2. The number of unbranched alkanes of at least 4 members (excludes halogenated alkanes) is 2. The summed E-state index contributed by atoms with van der Waals surface area (Å²) in [7, 11) is 0. The fourth-order valence-electron chi connectivity index (χ4n) is 3.61. The van der Waals surface area contributed by atoms with Gasteiger partial charge in [0.1, 0.15) is 5.75 Å². The van der Waals surface area contributed by atoms with Gasteiger partial charge in [-0.05, 0) is 48.2 Å². The van der Waals surface area contributed by atoms with Crippen molar-refractivity contribution in [2.75, 3.05) is 6.61 Å². The molecule has 3 rings (SSSR count). The number of ether oxygens (including phenoxy) is 1. The number of rotatable bonds is 7. The fourth-order valence-corrected chi connectivity index (χ4v) is 3.61. The highest BCUT2D eigenvalue weighted by molar-refractivity contribution is 6.01. The molecule has 0 aromatic heterocycles. The maximum absolute atomic E-state index is 12.7. The van der Waals surface area contributed by atoms with Gasteiger partial charge in [0.15, 0.2) is 5.78 Å². The molecule has 0 bridgehead atoms. The van der Waals surface area contributed by atoms with Gasteiger partial charge >= 0.3 is 0 Å². The molecule has 0 unspecified atom stereocenters. The van der Waals surface area contributed by atoms with Crippen LogP contribution >= 0.6 is 0 Å². The van der Waals surface area contributed by atoms with Gasteiger partial charge < -0.3 is 4.74 Å². The lowest BCUT2D eigenvalue weighted by Gasteiger charge is -2.20. The normalized spacial score (nSPS) is 15.5. The molecule has 24 heavy (non-hydrogen) atoms. The van der Waals surface area contributed by atoms with E-state index in [1.807, 2.05) is 18.2 Å². The second kappa shape index (κ2) is 8.32. The number of carbonyl (C=O) groups is 1. The molecule has 0 radical (unpaired) electrons. The average Bonchev–Trinajstić information content (AvgIpc) is 2.65. The number of carbonyl (C=O) groups excluding carboxylic acids is 1. The van der Waals surface area contributed by atoms with Gasteiger partial charge in [-0.2, -0.15) is 0 Å². The fraction of sp³-hybridized carbons (Fsp3) is 0.500. The molecular weight excluding hydrogens is 296 g/mol. The lowest BCUT2D eigenvalue weighted by Crippen LogP contribution is -2.17. The Morgan fingerprint density at radius 3 is 2.54 bits per heavy atom. The van der Waals surface area contributed by atoms with Crippen LogP contribution in [0.1, 0.15) is 68.6 Å². The maximum Gasteiger partial charge on any atom is 0.165 e. The Morgan fingerprint density at radius 2 is 1.75 bits per heavy atom. The van der Waals surface area contributed by atoms with Gasteiger partial charge in [0, 0.05) is 11.5 Å². The van der Waals surface area contributed by atoms with Crippen LogP contribution in [0, 0.1) is 5.92 Å². The SMILES string of the molecule is CCCCCOc1ccc2cc(C(=O)C3CCCCC3)ccc2c1. The van der Waals surface area contributed by atoms with Gasteiger partial charge in [-0.1, -0.05) is 57.2 Å². The number of Topliss-reactive ketones (excluding diaryl/α,β-unsaturated/α-hetero) is 1. The molecule has 0 saturated heterocycles. The lowest BCUT2D eigenvalue weighted by atomic mass is 9.83. The Bertz CT molecular complexity index is 683. The van der Waals surface area contributed by atoms with Crippen LogP contribution in [0.15, 0.2) is 36.4 Å². The third-order valence-corrected chi connectivity index (χ3v) is 5.09. The van der Waals surface area contributed by atoms with Crippen molar-refractivity contribution in [2.45, 2.75) is 58.3 Å². The molecule has 2 heteroatoms. The molecule has 2 aromatic carbocycles. The zero-order valence-electron chi connectivity index (χ0n) is 14.7. The Balaban J connectivity index is 1.70. The van der Waals surface area contributed by atoms with E-state index in [-0.39, 0.29) is 5.92 Å². The summed E-state index contributed by atoms with van der Waals surface area (Å²) in [4.78, 5) is 12.7. The van der Waals surface area contributed by atoms with Crippen molar-refractivity contribution in [1.29, 1.82) is 0 Å². The minimum atomic E-state index is 0.234. The monoisotopic (exact) mass is 324 g/mol. The first kappa shape index (κ1) is 17.0. The second-order valence-corrected chi connectivity index (χ2v) is 6.98. The van der Waals surface area contributed by atoms with Crippen molar-refractivity contribution in [1.82, 2.24) is 0 Å². The summed E-state index contributed by atoms with van der Waals surface area (Å²) >= 11 is 0. The summed E-state index contributed by atoms with van der Waals surface area (Å²) in [6.07, 6.45) is 9.30. The maximum atomic E-state index is 12.7. The summed E-state index contributed by atoms with van der Waals surface area (Å²) < 4.78 is 5.82. The number of hydrogen-bond acceptors (Lipinski definition) is 2. The van der Waals surface area contributed by atoms with E-state index in [9.17, 15) is 4.79 Å². The van der Waals surface area contributed by atoms with E-state index in [4.69, 9.17) is 4.74 Å². The van der Waals surface area contributed by atoms with Crippen LogP contribution in [0.3, 0.4) is 0 Å². The largest absolute Gasteiger partial charge is 0.494 e. The summed E-state index contributed by atoms with van der Waals surface area (Å²) in [6.45, 7) is 2.97. The molecule has 0 amide bonds. The Morgan fingerprint density at radius 1 is 1.00 bits per heavy atom. The zero-order valence-corrected chi connectivity index (χ0v) is 14.7. The lowest BCUT2D eigenvalue weighted by molar-refractivity contribution is 0.0889. The smallest absolute Gasteiger partial charge is 0.165 e. The van der Waals surface area contributed by atoms with Crippen molar-refractivity contribution in [3.05, 3.63) is 42.0 Å². The summed E-state index contributed by atoms with van der Waals surface area (Å²) in [5.74, 6) is 1.49. The molecule has 0 N–H and O–H groups in total. The van der Waals surface area contributed by atoms with Gasteiger partial charge in [-0.25, -0.2) is 0 Å². The highest BCUT2D eigenvalue weighted by atomic mass is 16.5. The Hall–Kier alpha value is -1.83. The Kier molecular flexibility index (Phi) is 5.90. The first-order valence-electron chi connectivity index (χ1n) is 9.49. The number of fused-ring (bicyclic) bond motifs is 1. The average molecular weight is 324 g/mol. The minimum Gasteiger partial charge on any atom is -0.494 e. The molecule has 1 fully saturated rings. The molecule has 2 nitrogen and oxygen atoms in total. The zero-order chi connectivity index (χ0) is 16.8. The molecule has 0 heterocycles. The van der Waals surface area contributed by atoms with E-state index in [1.165, 1.54) is 32.1 Å². The van der Waals surface area contributed by atoms with Gasteiger partial charge in [-0.15, -0.1) is 0 Å². The summed E-state index contributed by atoms with van der Waals surface area (Å²) in [5.41, 5.74) is 0.867. The van der Waals surface area contributed by atoms with Crippen LogP contribution in [0.4, 0.5) is 0 Å². The first-order valence-corrected chi connectivity index (χ1v) is 9.49. The Labute approximate surface area is 145 Å². The van der Waals surface area contributed by atoms with Crippen LogP contribution in [0.5, 0.6) is 5.75 Å². The molecule has 1 aliphatic carbocycles. The molecule has 0 aliphatic heterocycles. The van der Waals surface area contributed by atoms with E-state index in [1.54, 1.807) is 0 Å². The van der Waals surface area contributed by atoms with Crippen LogP contribution in [-0.2, 0) is 0 Å². The topological polar surface area (TPSA) is 26.3 Å². The first-order chi connectivity index (χ1) is 11.8. The van der Waals surface area contributed by atoms with E-state index in [0.717, 1.165) is 48.0 Å². The van der Waals surface area contributed by atoms with Crippen molar-refractivity contribution in [3.63, 3.8) is 0 Å². The molecule has 0 spiro atoms. The van der Waals surface area contributed by atoms with Gasteiger partial charge in [0.25, 0.3) is 0 Å². The summed E-state index contributed by atoms with van der Waals surface area (Å²) in [5, 5.41) is 2.26. The van der Waals surface area contributed by atoms with Crippen LogP contribution in [-0.4, -0.2) is 12.4 Å². The van der Waals surface area contributed by atoms with E-state index >= 15 is 0 Å². The highest BCUT2D eigenvalue weighted by Crippen LogP contribution is 2.29. The minimum absolute atomic E-state index is 0.234. The second-order valence-electron chi connectivity index (χ2n) is 6.98. The number of ketones is 1. The third-order valence-electron chi connectivity index (χ3n) is 5.09. The summed E-state index contributed by atoms with van der Waals surface area (Å²) in [6, 6.07) is 12.3. The number of hydrogen-bond donors (Lipinski definition) is 0. The predicted molar refractivity (Wildman–Crippen MR) is 99.9 cm³/mol. The van der Waals surface area contributed by atoms with Crippen molar-refractivity contribution in [3.8, 4) is 5.75 Å². The quantitative estimate of drug-likeness (QED) is 0.449. The third kappa shape index (κ3) is 4.17. The van der Waals surface area contributed by atoms with Crippen molar-refractivity contribution < 1.29 is 9.53 Å². The van der Waals surface area contributed by atoms with E-state index < -0.39 is 0 Å². The molecule has 1 aliphatic rings. The predicted octanol–water partition coefficient (Wildman–Crippen LogP) is 6.17. The highest BCUT2D eigenvalue weighted by Gasteiger charge is 2.22. The molecule has 128 valence electrons. The van der Waals surface area contributed by atoms with Gasteiger partial charge in [-0.3, -0.25) is 4.79 Å². The molecular formula is C22H28O2. The van der Waals surface area contributed by atoms with Gasteiger partial charge in [0.05, 0.1) is 6.61 Å². The van der Waals surface area contributed by atoms with Crippen LogP contribution in [0.2, 0.25) is 0 Å². The van der Waals surface area contributed by atoms with Crippen molar-refractivity contribution in [2.24, 2.45) is 5.92 Å². The van der Waals surface area contributed by atoms with Gasteiger partial charge in [0.2, 0.25) is 0 Å². The van der Waals surface area contributed by atoms with Crippen LogP contribution in [0.25, 0.3) is 10.8 Å². The van der Waals surface area contributed by atoms with Crippen LogP contribution < -0.4 is 4.74 Å². The van der Waals surface area contributed by atoms with E-state index in [2.05, 4.69) is 25.1 Å². The molecule has 2 aromatic rings. The standard InChI is InChI=1S/C22H28O2/c1-2-3-7-14-24-21-13-12-18-15-20(11-10-19(18)16-21)22(23)17-8-5-4-6-9-17/h10-13,15-17H,2-9,14H2,1H3. The molecule has 1 saturated carbocycles. The molecule has 0 atom stereocenters. The van der Waals surface area contributed by atoms with E-state index in [0.29, 0.717) is 5.78 Å². The van der Waals surface area contributed by atoms with Crippen molar-refractivity contribution >= 4 is 16.6 Å².